The summed E-state index contributed by atoms with van der Waals surface area (Å²) < 4.78 is 10.1. The van der Waals surface area contributed by atoms with Gasteiger partial charge in [0.25, 0.3) is 12.5 Å². The van der Waals surface area contributed by atoms with Gasteiger partial charge in [-0.2, -0.15) is 0 Å². The molecule has 0 aliphatic carbocycles. The van der Waals surface area contributed by atoms with Crippen molar-refractivity contribution >= 4 is 71.9 Å². The van der Waals surface area contributed by atoms with Gasteiger partial charge in [-0.15, -0.1) is 10.5 Å². The number of nitrogens with zero attached hydrogens (tertiary/aromatic N) is 2. The van der Waals surface area contributed by atoms with E-state index in [9.17, 15) is 0 Å². The van der Waals surface area contributed by atoms with Gasteiger partial charge < -0.3 is 9.47 Å². The molecule has 0 N–H and O–H groups in total. The molecule has 0 aliphatic rings. The van der Waals surface area contributed by atoms with E-state index < -0.39 is 0 Å². The second-order valence-electron chi connectivity index (χ2n) is 8.79. The topological polar surface area (TPSA) is 66.0 Å². The summed E-state index contributed by atoms with van der Waals surface area (Å²) >= 11 is 12.9. The third-order valence-electron chi connectivity index (χ3n) is 6.71. The normalized spacial score (nSPS) is 10.8. The molecule has 4 nitrogen and oxygen atoms in total. The smallest absolute Gasteiger partial charge is 0.292 e. The van der Waals surface area contributed by atoms with Gasteiger partial charge in [0.1, 0.15) is 16.0 Å². The molecule has 0 atom stereocenters. The third-order valence-corrected chi connectivity index (χ3v) is 7.09. The Morgan fingerprint density at radius 1 is 0.500 bits per heavy atom. The standard InChI is InChI=1S/C32H16Cl2N2O2/c33-32(34)31(23-5-9-27-19(13-23)1-3-21-15-25(37-17-35)7-11-29(21)27)24-6-10-28-20(14-24)2-4-22-16-26(38-18-36)8-12-30(22)28/h1-16H. The minimum absolute atomic E-state index is 0.182. The fourth-order valence-electron chi connectivity index (χ4n) is 5.03. The van der Waals surface area contributed by atoms with Crippen LogP contribution >= 0.6 is 23.2 Å². The van der Waals surface area contributed by atoms with Gasteiger partial charge in [-0.1, -0.05) is 83.9 Å². The van der Waals surface area contributed by atoms with Gasteiger partial charge in [-0.05, 0) is 90.6 Å². The lowest BCUT2D eigenvalue weighted by Crippen LogP contribution is -1.91. The lowest BCUT2D eigenvalue weighted by atomic mass is 9.92. The zero-order valence-electron chi connectivity index (χ0n) is 19.7. The predicted molar refractivity (Wildman–Crippen MR) is 153 cm³/mol. The van der Waals surface area contributed by atoms with Gasteiger partial charge in [0, 0.05) is 5.57 Å². The zero-order chi connectivity index (χ0) is 26.2. The van der Waals surface area contributed by atoms with Crippen molar-refractivity contribution in [2.24, 2.45) is 0 Å². The van der Waals surface area contributed by atoms with E-state index in [4.69, 9.17) is 43.2 Å². The van der Waals surface area contributed by atoms with Gasteiger partial charge in [-0.25, -0.2) is 0 Å². The van der Waals surface area contributed by atoms with Crippen molar-refractivity contribution < 1.29 is 9.47 Å². The van der Waals surface area contributed by atoms with E-state index in [0.29, 0.717) is 11.5 Å². The van der Waals surface area contributed by atoms with E-state index in [2.05, 4.69) is 24.3 Å². The summed E-state index contributed by atoms with van der Waals surface area (Å²) in [7, 11) is 0. The van der Waals surface area contributed by atoms with Crippen LogP contribution in [0.2, 0.25) is 0 Å². The van der Waals surface area contributed by atoms with E-state index in [0.717, 1.165) is 59.8 Å². The van der Waals surface area contributed by atoms with Crippen molar-refractivity contribution in [1.82, 2.24) is 0 Å². The van der Waals surface area contributed by atoms with Gasteiger partial charge in [-0.3, -0.25) is 0 Å². The molecule has 0 heterocycles. The van der Waals surface area contributed by atoms with Crippen LogP contribution in [0.1, 0.15) is 11.1 Å². The van der Waals surface area contributed by atoms with E-state index in [1.54, 1.807) is 24.6 Å². The Kier molecular flexibility index (Phi) is 5.98. The lowest BCUT2D eigenvalue weighted by Gasteiger charge is -2.13. The summed E-state index contributed by atoms with van der Waals surface area (Å²) in [6.45, 7) is 0. The van der Waals surface area contributed by atoms with Crippen LogP contribution in [-0.2, 0) is 0 Å². The number of hydrogen-bond acceptors (Lipinski definition) is 4. The lowest BCUT2D eigenvalue weighted by molar-refractivity contribution is 0.508. The Morgan fingerprint density at radius 3 is 1.24 bits per heavy atom. The maximum absolute atomic E-state index is 8.81. The molecule has 0 saturated heterocycles. The van der Waals surface area contributed by atoms with Crippen molar-refractivity contribution in [2.75, 3.05) is 0 Å². The van der Waals surface area contributed by atoms with Crippen LogP contribution in [0.5, 0.6) is 11.5 Å². The quantitative estimate of drug-likeness (QED) is 0.168. The molecule has 0 unspecified atom stereocenters. The van der Waals surface area contributed by atoms with E-state index in [-0.39, 0.29) is 4.49 Å². The van der Waals surface area contributed by atoms with Gasteiger partial charge in [0.2, 0.25) is 0 Å². The maximum atomic E-state index is 8.81. The highest BCUT2D eigenvalue weighted by Crippen LogP contribution is 2.37. The molecule has 0 spiro atoms. The number of hydrogen-bond donors (Lipinski definition) is 0. The van der Waals surface area contributed by atoms with Gasteiger partial charge in [0.15, 0.2) is 0 Å². The Hall–Kier alpha value is -4.74. The highest BCUT2D eigenvalue weighted by molar-refractivity contribution is 6.59. The summed E-state index contributed by atoms with van der Waals surface area (Å²) in [5.74, 6) is 1.02. The number of benzene rings is 6. The van der Waals surface area contributed by atoms with E-state index in [1.165, 1.54) is 0 Å². The second-order valence-corrected chi connectivity index (χ2v) is 9.74. The molecule has 38 heavy (non-hydrogen) atoms. The summed E-state index contributed by atoms with van der Waals surface area (Å²) in [5.41, 5.74) is 2.55. The molecule has 6 aromatic carbocycles. The monoisotopic (exact) mass is 530 g/mol. The van der Waals surface area contributed by atoms with Crippen LogP contribution in [0.4, 0.5) is 0 Å². The first-order chi connectivity index (χ1) is 18.6. The summed E-state index contributed by atoms with van der Waals surface area (Å²) in [4.78, 5) is 0. The molecule has 6 rings (SSSR count). The highest BCUT2D eigenvalue weighted by Gasteiger charge is 2.13. The van der Waals surface area contributed by atoms with Crippen LogP contribution in [0, 0.1) is 23.0 Å². The Bertz CT molecular complexity index is 1890. The molecule has 0 radical (unpaired) electrons. The first kappa shape index (κ1) is 23.6. The third kappa shape index (κ3) is 4.13. The van der Waals surface area contributed by atoms with Crippen molar-refractivity contribution in [3.63, 3.8) is 0 Å². The minimum atomic E-state index is 0.182. The molecule has 6 heteroatoms. The number of halogens is 2. The maximum Gasteiger partial charge on any atom is 0.292 e. The molecule has 0 bridgehead atoms. The van der Waals surface area contributed by atoms with Crippen molar-refractivity contribution in [1.29, 1.82) is 10.5 Å². The molecule has 180 valence electrons. The molecule has 0 saturated carbocycles. The number of ether oxygens (including phenoxy) is 2. The van der Waals surface area contributed by atoms with Crippen molar-refractivity contribution in [3.05, 3.63) is 113 Å². The minimum Gasteiger partial charge on any atom is -0.388 e. The summed E-state index contributed by atoms with van der Waals surface area (Å²) in [6.07, 6.45) is 3.43. The van der Waals surface area contributed by atoms with E-state index >= 15 is 0 Å². The van der Waals surface area contributed by atoms with Gasteiger partial charge in [0.05, 0.1) is 0 Å². The van der Waals surface area contributed by atoms with Crippen molar-refractivity contribution in [2.45, 2.75) is 0 Å². The molecular weight excluding hydrogens is 515 g/mol. The first-order valence-electron chi connectivity index (χ1n) is 11.7. The number of fused-ring (bicyclic) bond motifs is 6. The van der Waals surface area contributed by atoms with Crippen LogP contribution in [0.25, 0.3) is 48.7 Å². The Morgan fingerprint density at radius 2 is 0.868 bits per heavy atom. The molecule has 0 aromatic heterocycles. The number of nitriles is 2. The van der Waals surface area contributed by atoms with Crippen LogP contribution < -0.4 is 9.47 Å². The van der Waals surface area contributed by atoms with Gasteiger partial charge >= 0.3 is 0 Å². The highest BCUT2D eigenvalue weighted by atomic mass is 35.5. The Labute approximate surface area is 228 Å². The fourth-order valence-corrected chi connectivity index (χ4v) is 5.46. The van der Waals surface area contributed by atoms with Crippen molar-refractivity contribution in [3.8, 4) is 24.0 Å². The fraction of sp³-hybridized carbons (Fsp3) is 0. The molecular formula is C32H16Cl2N2O2. The average Bonchev–Trinajstić information content (AvgIpc) is 2.92. The second kappa shape index (κ2) is 9.61. The largest absolute Gasteiger partial charge is 0.388 e. The molecule has 0 amide bonds. The Balaban J connectivity index is 1.44. The predicted octanol–water partition coefficient (Wildman–Crippen LogP) is 9.21. The zero-order valence-corrected chi connectivity index (χ0v) is 21.2. The van der Waals surface area contributed by atoms with Crippen LogP contribution in [0.3, 0.4) is 0 Å². The average molecular weight is 531 g/mol. The molecule has 0 aliphatic heterocycles. The first-order valence-corrected chi connectivity index (χ1v) is 12.4. The van der Waals surface area contributed by atoms with Crippen LogP contribution in [0.15, 0.2) is 102 Å². The summed E-state index contributed by atoms with van der Waals surface area (Å²) in [5, 5.41) is 25.9. The SMILES string of the molecule is N#COc1ccc2c(ccc3cc(C(=C(Cl)Cl)c4ccc5c(ccc6cc(OC#N)ccc65)c4)ccc32)c1. The van der Waals surface area contributed by atoms with Crippen LogP contribution in [-0.4, -0.2) is 0 Å². The molecule has 6 aromatic rings. The van der Waals surface area contributed by atoms with E-state index in [1.807, 2.05) is 60.7 Å². The molecule has 0 fully saturated rings. The summed E-state index contributed by atoms with van der Waals surface area (Å²) in [6, 6.07) is 31.6. The number of rotatable bonds is 4.